The second kappa shape index (κ2) is 6.95. The van der Waals surface area contributed by atoms with Crippen LogP contribution < -0.4 is 0 Å². The lowest BCUT2D eigenvalue weighted by atomic mass is 9.83. The van der Waals surface area contributed by atoms with Crippen molar-refractivity contribution in [3.05, 3.63) is 34.9 Å². The largest absolute Gasteiger partial charge is 0.463 e. The third kappa shape index (κ3) is 4.09. The average molecular weight is 304 g/mol. The summed E-state index contributed by atoms with van der Waals surface area (Å²) in [4.78, 5) is 24.0. The number of benzene rings is 1. The smallest absolute Gasteiger partial charge is 0.338 e. The van der Waals surface area contributed by atoms with Crippen molar-refractivity contribution in [1.82, 2.24) is 0 Å². The number of carbonyl (C=O) groups is 2. The van der Waals surface area contributed by atoms with E-state index in [2.05, 4.69) is 0 Å². The zero-order valence-corrected chi connectivity index (χ0v) is 13.7. The zero-order chi connectivity index (χ0) is 16.3. The van der Waals surface area contributed by atoms with Crippen LogP contribution in [0.5, 0.6) is 0 Å². The van der Waals surface area contributed by atoms with Gasteiger partial charge >= 0.3 is 11.9 Å². The standard InChI is InChI=1S/C18H24O4/c1-11(2)21-17(19)15-7-5-14-10-16(8-6-13(14)9-15)18(20)22-12(3)4/h5,7,9,11-12,16H,6,8,10H2,1-4H3. The molecule has 2 rings (SSSR count). The molecule has 0 aliphatic heterocycles. The Hall–Kier alpha value is -1.84. The summed E-state index contributed by atoms with van der Waals surface area (Å²) in [6.07, 6.45) is 2.03. The fraction of sp³-hybridized carbons (Fsp3) is 0.556. The molecule has 0 radical (unpaired) electrons. The van der Waals surface area contributed by atoms with E-state index in [1.165, 1.54) is 0 Å². The van der Waals surface area contributed by atoms with Gasteiger partial charge in [0.25, 0.3) is 0 Å². The Morgan fingerprint density at radius 2 is 1.73 bits per heavy atom. The predicted molar refractivity (Wildman–Crippen MR) is 83.7 cm³/mol. The van der Waals surface area contributed by atoms with Crippen LogP contribution in [-0.2, 0) is 27.1 Å². The second-order valence-electron chi connectivity index (χ2n) is 6.36. The average Bonchev–Trinajstić information content (AvgIpc) is 2.44. The molecular weight excluding hydrogens is 280 g/mol. The number of hydrogen-bond donors (Lipinski definition) is 0. The third-order valence-corrected chi connectivity index (χ3v) is 3.70. The van der Waals surface area contributed by atoms with Crippen molar-refractivity contribution in [3.63, 3.8) is 0 Å². The van der Waals surface area contributed by atoms with Gasteiger partial charge in [-0.2, -0.15) is 0 Å². The first-order chi connectivity index (χ1) is 10.4. The van der Waals surface area contributed by atoms with Gasteiger partial charge in [-0.3, -0.25) is 4.79 Å². The molecule has 22 heavy (non-hydrogen) atoms. The molecule has 0 heterocycles. The molecule has 0 bridgehead atoms. The number of ether oxygens (including phenoxy) is 2. The number of aryl methyl sites for hydroxylation is 1. The molecule has 0 fully saturated rings. The molecule has 0 saturated heterocycles. The molecule has 4 nitrogen and oxygen atoms in total. The lowest BCUT2D eigenvalue weighted by Crippen LogP contribution is -2.27. The Labute approximate surface area is 131 Å². The number of carbonyl (C=O) groups excluding carboxylic acids is 2. The van der Waals surface area contributed by atoms with Crippen molar-refractivity contribution >= 4 is 11.9 Å². The maximum Gasteiger partial charge on any atom is 0.338 e. The fourth-order valence-corrected chi connectivity index (χ4v) is 2.69. The van der Waals surface area contributed by atoms with Crippen molar-refractivity contribution in [2.45, 2.75) is 59.2 Å². The molecule has 1 unspecified atom stereocenters. The predicted octanol–water partition coefficient (Wildman–Crippen LogP) is 3.31. The van der Waals surface area contributed by atoms with Crippen LogP contribution in [0.4, 0.5) is 0 Å². The van der Waals surface area contributed by atoms with Crippen molar-refractivity contribution in [1.29, 1.82) is 0 Å². The highest BCUT2D eigenvalue weighted by Crippen LogP contribution is 2.28. The lowest BCUT2D eigenvalue weighted by Gasteiger charge is -2.24. The molecule has 1 aliphatic rings. The first-order valence-electron chi connectivity index (χ1n) is 7.90. The van der Waals surface area contributed by atoms with Gasteiger partial charge in [-0.1, -0.05) is 6.07 Å². The highest BCUT2D eigenvalue weighted by Gasteiger charge is 2.27. The van der Waals surface area contributed by atoms with Gasteiger partial charge in [0, 0.05) is 0 Å². The Morgan fingerprint density at radius 1 is 1.05 bits per heavy atom. The molecule has 0 aromatic heterocycles. The number of esters is 2. The number of fused-ring (bicyclic) bond motifs is 1. The van der Waals surface area contributed by atoms with E-state index < -0.39 is 0 Å². The second-order valence-corrected chi connectivity index (χ2v) is 6.36. The summed E-state index contributed by atoms with van der Waals surface area (Å²) in [6, 6.07) is 5.60. The summed E-state index contributed by atoms with van der Waals surface area (Å²) in [5.41, 5.74) is 2.83. The van der Waals surface area contributed by atoms with Crippen molar-refractivity contribution in [2.24, 2.45) is 5.92 Å². The summed E-state index contributed by atoms with van der Waals surface area (Å²) in [6.45, 7) is 7.39. The van der Waals surface area contributed by atoms with Crippen molar-refractivity contribution in [2.75, 3.05) is 0 Å². The van der Waals surface area contributed by atoms with Crippen molar-refractivity contribution in [3.8, 4) is 0 Å². The quantitative estimate of drug-likeness (QED) is 0.801. The van der Waals surface area contributed by atoms with Crippen LogP contribution in [0, 0.1) is 5.92 Å². The summed E-state index contributed by atoms with van der Waals surface area (Å²) >= 11 is 0. The Morgan fingerprint density at radius 3 is 2.36 bits per heavy atom. The van der Waals surface area contributed by atoms with E-state index in [4.69, 9.17) is 9.47 Å². The van der Waals surface area contributed by atoms with E-state index in [1.807, 2.05) is 39.8 Å². The van der Waals surface area contributed by atoms with E-state index in [-0.39, 0.29) is 30.1 Å². The van der Waals surface area contributed by atoms with E-state index in [0.717, 1.165) is 24.0 Å². The molecule has 0 spiro atoms. The Kier molecular flexibility index (Phi) is 5.22. The molecule has 0 saturated carbocycles. The maximum absolute atomic E-state index is 12.0. The highest BCUT2D eigenvalue weighted by atomic mass is 16.5. The molecular formula is C18H24O4. The van der Waals surface area contributed by atoms with Crippen LogP contribution in [0.25, 0.3) is 0 Å². The molecule has 120 valence electrons. The first kappa shape index (κ1) is 16.5. The summed E-state index contributed by atoms with van der Waals surface area (Å²) < 4.78 is 10.5. The van der Waals surface area contributed by atoms with Crippen LogP contribution in [0.15, 0.2) is 18.2 Å². The fourth-order valence-electron chi connectivity index (χ4n) is 2.69. The number of hydrogen-bond acceptors (Lipinski definition) is 4. The van der Waals surface area contributed by atoms with E-state index in [0.29, 0.717) is 12.0 Å². The van der Waals surface area contributed by atoms with Crippen molar-refractivity contribution < 1.29 is 19.1 Å². The van der Waals surface area contributed by atoms with Gasteiger partial charge in [-0.05, 0) is 70.2 Å². The maximum atomic E-state index is 12.0. The SMILES string of the molecule is CC(C)OC(=O)c1ccc2c(c1)CCC(C(=O)OC(C)C)C2. The molecule has 1 aromatic rings. The third-order valence-electron chi connectivity index (χ3n) is 3.70. The topological polar surface area (TPSA) is 52.6 Å². The molecule has 0 amide bonds. The minimum Gasteiger partial charge on any atom is -0.463 e. The summed E-state index contributed by atoms with van der Waals surface area (Å²) in [5.74, 6) is -0.494. The minimum atomic E-state index is -0.292. The highest BCUT2D eigenvalue weighted by molar-refractivity contribution is 5.90. The van der Waals surface area contributed by atoms with Gasteiger partial charge in [-0.25, -0.2) is 4.79 Å². The zero-order valence-electron chi connectivity index (χ0n) is 13.7. The van der Waals surface area contributed by atoms with Gasteiger partial charge in [0.2, 0.25) is 0 Å². The van der Waals surface area contributed by atoms with Crippen LogP contribution >= 0.6 is 0 Å². The molecule has 1 aromatic carbocycles. The monoisotopic (exact) mass is 304 g/mol. The normalized spacial score (nSPS) is 17.3. The number of rotatable bonds is 4. The van der Waals surface area contributed by atoms with Crippen LogP contribution in [0.2, 0.25) is 0 Å². The van der Waals surface area contributed by atoms with E-state index in [9.17, 15) is 9.59 Å². The minimum absolute atomic E-state index is 0.0802. The van der Waals surface area contributed by atoms with Crippen LogP contribution in [0.3, 0.4) is 0 Å². The van der Waals surface area contributed by atoms with Gasteiger partial charge in [0.05, 0.1) is 23.7 Å². The molecule has 4 heteroatoms. The first-order valence-corrected chi connectivity index (χ1v) is 7.90. The van der Waals surface area contributed by atoms with Crippen LogP contribution in [-0.4, -0.2) is 24.1 Å². The summed E-state index contributed by atoms with van der Waals surface area (Å²) in [5, 5.41) is 0. The lowest BCUT2D eigenvalue weighted by molar-refractivity contribution is -0.152. The van der Waals surface area contributed by atoms with E-state index >= 15 is 0 Å². The summed E-state index contributed by atoms with van der Waals surface area (Å²) in [7, 11) is 0. The molecule has 1 aliphatic carbocycles. The van der Waals surface area contributed by atoms with Crippen LogP contribution in [0.1, 0.15) is 55.6 Å². The van der Waals surface area contributed by atoms with Gasteiger partial charge in [-0.15, -0.1) is 0 Å². The Balaban J connectivity index is 2.08. The van der Waals surface area contributed by atoms with Gasteiger partial charge in [0.15, 0.2) is 0 Å². The van der Waals surface area contributed by atoms with Gasteiger partial charge < -0.3 is 9.47 Å². The Bertz CT molecular complexity index is 560. The van der Waals surface area contributed by atoms with Gasteiger partial charge in [0.1, 0.15) is 0 Å². The van der Waals surface area contributed by atoms with E-state index in [1.54, 1.807) is 6.07 Å². The molecule has 0 N–H and O–H groups in total. The molecule has 1 atom stereocenters.